The van der Waals surface area contributed by atoms with Crippen LogP contribution < -0.4 is 5.32 Å². The van der Waals surface area contributed by atoms with Gasteiger partial charge in [-0.15, -0.1) is 0 Å². The first kappa shape index (κ1) is 26.0. The largest absolute Gasteiger partial charge is 0.354 e. The molecule has 7 heteroatoms. The quantitative estimate of drug-likeness (QED) is 0.396. The van der Waals surface area contributed by atoms with E-state index in [2.05, 4.69) is 40.0 Å². The van der Waals surface area contributed by atoms with Gasteiger partial charge in [-0.25, -0.2) is 0 Å². The first-order valence-corrected chi connectivity index (χ1v) is 14.2. The molecular weight excluding hydrogens is 528 g/mol. The summed E-state index contributed by atoms with van der Waals surface area (Å²) in [5.41, 5.74) is 1.58. The summed E-state index contributed by atoms with van der Waals surface area (Å²) in [6.07, 6.45) is 2.19. The fourth-order valence-corrected chi connectivity index (χ4v) is 6.63. The number of piperidine rings is 1. The van der Waals surface area contributed by atoms with E-state index < -0.39 is 5.54 Å². The lowest BCUT2D eigenvalue weighted by Crippen LogP contribution is -2.63. The maximum Gasteiger partial charge on any atom is 0.271 e. The van der Waals surface area contributed by atoms with Crippen LogP contribution in [0.4, 0.5) is 0 Å². The van der Waals surface area contributed by atoms with Crippen LogP contribution in [0, 0.1) is 11.8 Å². The summed E-state index contributed by atoms with van der Waals surface area (Å²) in [5.74, 6) is 1.23. The number of para-hydroxylation sites is 1. The molecule has 0 radical (unpaired) electrons. The number of halogens is 1. The van der Waals surface area contributed by atoms with Gasteiger partial charge in [0.1, 0.15) is 11.2 Å². The predicted octanol–water partition coefficient (Wildman–Crippen LogP) is 5.30. The molecule has 0 saturated carbocycles. The Morgan fingerprint density at radius 1 is 1.08 bits per heavy atom. The summed E-state index contributed by atoms with van der Waals surface area (Å²) >= 11 is 3.63. The predicted molar refractivity (Wildman–Crippen MR) is 151 cm³/mol. The highest BCUT2D eigenvalue weighted by atomic mass is 79.9. The van der Waals surface area contributed by atoms with Crippen molar-refractivity contribution >= 4 is 38.6 Å². The minimum atomic E-state index is -1.02. The number of amides is 2. The molecule has 1 fully saturated rings. The van der Waals surface area contributed by atoms with Gasteiger partial charge in [-0.3, -0.25) is 9.59 Å². The number of benzene rings is 2. The van der Waals surface area contributed by atoms with Crippen LogP contribution in [-0.2, 0) is 17.9 Å². The number of nitrogens with zero attached hydrogens (tertiary/aromatic N) is 3. The normalized spacial score (nSPS) is 24.3. The number of hydrogen-bond acceptors (Lipinski definition) is 3. The lowest BCUT2D eigenvalue weighted by atomic mass is 9.92. The average Bonchev–Trinajstić information content (AvgIpc) is 3.23. The number of carbonyl (C=O) groups excluding carboxylic acids is 2. The summed E-state index contributed by atoms with van der Waals surface area (Å²) in [5, 5.41) is 4.21. The van der Waals surface area contributed by atoms with E-state index >= 15 is 0 Å². The third-order valence-electron chi connectivity index (χ3n) is 7.99. The SMILES string of the molecule is CC1CC(C)CN(CCCNC(=O)C2(C)Cn3c(cc4ccccc43)C(=O)N2Cc2ccccc2Br)C1. The minimum absolute atomic E-state index is 0.100. The molecule has 2 aliphatic heterocycles. The highest BCUT2D eigenvalue weighted by molar-refractivity contribution is 9.10. The fourth-order valence-electron chi connectivity index (χ4n) is 6.22. The number of rotatable bonds is 7. The molecule has 2 aromatic carbocycles. The standard InChI is InChI=1S/C30H37BrN4O2/c1-21-15-22(2)18-33(17-21)14-8-13-32-29(37)30(3)20-34-26-12-7-5-9-23(26)16-27(34)28(36)35(30)19-24-10-4-6-11-25(24)31/h4-7,9-12,16,21-22H,8,13-15,17-20H2,1-3H3,(H,32,37). The van der Waals surface area contributed by atoms with Crippen LogP contribution in [-0.4, -0.2) is 57.9 Å². The van der Waals surface area contributed by atoms with E-state index in [-0.39, 0.29) is 11.8 Å². The first-order chi connectivity index (χ1) is 17.8. The van der Waals surface area contributed by atoms with Crippen molar-refractivity contribution in [2.24, 2.45) is 11.8 Å². The molecule has 196 valence electrons. The third kappa shape index (κ3) is 5.21. The van der Waals surface area contributed by atoms with Gasteiger partial charge in [0.05, 0.1) is 6.54 Å². The molecule has 1 saturated heterocycles. The second-order valence-electron chi connectivity index (χ2n) is 11.2. The Balaban J connectivity index is 1.36. The average molecular weight is 566 g/mol. The van der Waals surface area contributed by atoms with Gasteiger partial charge in [-0.1, -0.05) is 66.2 Å². The Bertz CT molecular complexity index is 1290. The molecule has 3 atom stereocenters. The minimum Gasteiger partial charge on any atom is -0.354 e. The van der Waals surface area contributed by atoms with Gasteiger partial charge in [-0.2, -0.15) is 0 Å². The van der Waals surface area contributed by atoms with Gasteiger partial charge in [0.2, 0.25) is 5.91 Å². The summed E-state index contributed by atoms with van der Waals surface area (Å²) in [6.45, 7) is 11.2. The molecule has 2 amide bonds. The van der Waals surface area contributed by atoms with Gasteiger partial charge >= 0.3 is 0 Å². The Hall–Kier alpha value is -2.64. The zero-order valence-electron chi connectivity index (χ0n) is 22.0. The highest BCUT2D eigenvalue weighted by Crippen LogP contribution is 2.34. The number of hydrogen-bond donors (Lipinski definition) is 1. The molecule has 3 heterocycles. The molecule has 2 aliphatic rings. The fraction of sp³-hybridized carbons (Fsp3) is 0.467. The Labute approximate surface area is 228 Å². The van der Waals surface area contributed by atoms with Crippen molar-refractivity contribution in [2.45, 2.75) is 52.2 Å². The lowest BCUT2D eigenvalue weighted by Gasteiger charge is -2.44. The van der Waals surface area contributed by atoms with Gasteiger partial charge in [-0.05, 0) is 61.9 Å². The zero-order chi connectivity index (χ0) is 26.2. The van der Waals surface area contributed by atoms with Gasteiger partial charge < -0.3 is 19.7 Å². The number of likely N-dealkylation sites (tertiary alicyclic amines) is 1. The molecular formula is C30H37BrN4O2. The Morgan fingerprint density at radius 2 is 1.78 bits per heavy atom. The van der Waals surface area contributed by atoms with Crippen LogP contribution in [0.1, 0.15) is 49.7 Å². The van der Waals surface area contributed by atoms with Crippen molar-refractivity contribution < 1.29 is 9.59 Å². The van der Waals surface area contributed by atoms with E-state index in [9.17, 15) is 9.59 Å². The van der Waals surface area contributed by atoms with Crippen LogP contribution in [0.15, 0.2) is 59.1 Å². The second kappa shape index (κ2) is 10.6. The molecule has 0 aliphatic carbocycles. The van der Waals surface area contributed by atoms with Crippen LogP contribution >= 0.6 is 15.9 Å². The molecule has 37 heavy (non-hydrogen) atoms. The van der Waals surface area contributed by atoms with Gasteiger partial charge in [0, 0.05) is 41.6 Å². The van der Waals surface area contributed by atoms with Crippen LogP contribution in [0.5, 0.6) is 0 Å². The number of nitrogens with one attached hydrogen (secondary N) is 1. The molecule has 6 nitrogen and oxygen atoms in total. The second-order valence-corrected chi connectivity index (χ2v) is 12.1. The third-order valence-corrected chi connectivity index (χ3v) is 8.77. The maximum absolute atomic E-state index is 13.9. The summed E-state index contributed by atoms with van der Waals surface area (Å²) in [4.78, 5) is 32.0. The molecule has 1 N–H and O–H groups in total. The van der Waals surface area contributed by atoms with Crippen molar-refractivity contribution in [2.75, 3.05) is 26.2 Å². The van der Waals surface area contributed by atoms with E-state index in [1.807, 2.05) is 66.1 Å². The summed E-state index contributed by atoms with van der Waals surface area (Å²) in [7, 11) is 0. The number of aromatic nitrogens is 1. The van der Waals surface area contributed by atoms with E-state index in [1.165, 1.54) is 6.42 Å². The van der Waals surface area contributed by atoms with Gasteiger partial charge in [0.25, 0.3) is 5.91 Å². The molecule has 0 bridgehead atoms. The van der Waals surface area contributed by atoms with Crippen molar-refractivity contribution in [3.05, 3.63) is 70.3 Å². The first-order valence-electron chi connectivity index (χ1n) is 13.4. The summed E-state index contributed by atoms with van der Waals surface area (Å²) < 4.78 is 2.95. The molecule has 5 rings (SSSR count). The van der Waals surface area contributed by atoms with Crippen LogP contribution in [0.2, 0.25) is 0 Å². The van der Waals surface area contributed by atoms with Crippen LogP contribution in [0.3, 0.4) is 0 Å². The zero-order valence-corrected chi connectivity index (χ0v) is 23.6. The van der Waals surface area contributed by atoms with Crippen molar-refractivity contribution in [3.8, 4) is 0 Å². The van der Waals surface area contributed by atoms with E-state index in [0.717, 1.165) is 58.8 Å². The monoisotopic (exact) mass is 564 g/mol. The number of carbonyl (C=O) groups is 2. The van der Waals surface area contributed by atoms with Crippen molar-refractivity contribution in [3.63, 3.8) is 0 Å². The number of fused-ring (bicyclic) bond motifs is 3. The molecule has 0 spiro atoms. The van der Waals surface area contributed by atoms with Gasteiger partial charge in [0.15, 0.2) is 0 Å². The van der Waals surface area contributed by atoms with E-state index in [1.54, 1.807) is 4.90 Å². The Kier molecular flexibility index (Phi) is 7.46. The topological polar surface area (TPSA) is 57.6 Å². The summed E-state index contributed by atoms with van der Waals surface area (Å²) in [6, 6.07) is 17.8. The smallest absolute Gasteiger partial charge is 0.271 e. The molecule has 3 aromatic rings. The van der Waals surface area contributed by atoms with E-state index in [0.29, 0.717) is 25.3 Å². The molecule has 3 unspecified atom stereocenters. The van der Waals surface area contributed by atoms with Crippen molar-refractivity contribution in [1.29, 1.82) is 0 Å². The van der Waals surface area contributed by atoms with E-state index in [4.69, 9.17) is 0 Å². The highest BCUT2D eigenvalue weighted by Gasteiger charge is 2.47. The van der Waals surface area contributed by atoms with Crippen LogP contribution in [0.25, 0.3) is 10.9 Å². The lowest BCUT2D eigenvalue weighted by molar-refractivity contribution is -0.133. The maximum atomic E-state index is 13.9. The van der Waals surface area contributed by atoms with Crippen molar-refractivity contribution in [1.82, 2.24) is 19.7 Å². The molecule has 1 aromatic heterocycles. The Morgan fingerprint density at radius 3 is 2.54 bits per heavy atom.